The minimum Gasteiger partial charge on any atom is -0.475 e. The zero-order valence-corrected chi connectivity index (χ0v) is 23.2. The van der Waals surface area contributed by atoms with Crippen LogP contribution < -0.4 is 15.1 Å². The molecule has 0 unspecified atom stereocenters. The molecule has 0 atom stereocenters. The molecule has 0 radical (unpaired) electrons. The van der Waals surface area contributed by atoms with E-state index >= 15 is 0 Å². The van der Waals surface area contributed by atoms with Gasteiger partial charge in [0.25, 0.3) is 5.92 Å². The first-order chi connectivity index (χ1) is 21.2. The lowest BCUT2D eigenvalue weighted by molar-refractivity contribution is -0.192. The summed E-state index contributed by atoms with van der Waals surface area (Å²) in [4.78, 5) is 24.6. The second kappa shape index (κ2) is 12.7. The number of hydrogen-bond acceptors (Lipinski definition) is 7. The van der Waals surface area contributed by atoms with Crippen LogP contribution in [-0.2, 0) is 30.0 Å². The van der Waals surface area contributed by atoms with Gasteiger partial charge < -0.3 is 20.2 Å². The second-order valence-electron chi connectivity index (χ2n) is 10.2. The number of nitrogens with one attached hydrogen (secondary N) is 1. The Labute approximate surface area is 252 Å². The van der Waals surface area contributed by atoms with Gasteiger partial charge in [0, 0.05) is 49.9 Å². The van der Waals surface area contributed by atoms with E-state index < -0.39 is 48.1 Å². The number of hydrogen-bond donors (Lipinski definition) is 2. The van der Waals surface area contributed by atoms with Crippen LogP contribution in [0.15, 0.2) is 42.6 Å². The summed E-state index contributed by atoms with van der Waals surface area (Å²) in [5.74, 6) is -5.71. The molecule has 19 heteroatoms. The van der Waals surface area contributed by atoms with Crippen LogP contribution >= 0.6 is 0 Å². The summed E-state index contributed by atoms with van der Waals surface area (Å²) in [7, 11) is 0. The fraction of sp³-hybridized carbons (Fsp3) is 0.407. The second-order valence-corrected chi connectivity index (χ2v) is 10.2. The molecule has 2 aliphatic heterocycles. The minimum absolute atomic E-state index is 0.000505. The molecule has 3 aromatic rings. The number of anilines is 4. The Morgan fingerprint density at radius 3 is 2.02 bits per heavy atom. The number of aromatic nitrogens is 3. The molecule has 0 aliphatic carbocycles. The van der Waals surface area contributed by atoms with Crippen LogP contribution in [0.3, 0.4) is 0 Å². The predicted octanol–water partition coefficient (Wildman–Crippen LogP) is 6.74. The summed E-state index contributed by atoms with van der Waals surface area (Å²) < 4.78 is 139. The highest BCUT2D eigenvalue weighted by Crippen LogP contribution is 2.37. The van der Waals surface area contributed by atoms with Crippen LogP contribution in [0.4, 0.5) is 71.6 Å². The van der Waals surface area contributed by atoms with Crippen LogP contribution in [0.1, 0.15) is 28.8 Å². The molecule has 0 bridgehead atoms. The van der Waals surface area contributed by atoms with Crippen LogP contribution in [0, 0.1) is 0 Å². The molecule has 2 N–H and O–H groups in total. The number of aliphatic carboxylic acids is 1. The third-order valence-corrected chi connectivity index (χ3v) is 6.89. The molecule has 0 amide bonds. The fourth-order valence-corrected chi connectivity index (χ4v) is 4.70. The number of carboxylic acid groups (broad SMARTS) is 1. The monoisotopic (exact) mass is 672 g/mol. The highest BCUT2D eigenvalue weighted by Gasteiger charge is 2.41. The summed E-state index contributed by atoms with van der Waals surface area (Å²) in [6.07, 6.45) is -13.0. The van der Waals surface area contributed by atoms with Crippen molar-refractivity contribution in [3.05, 3.63) is 65.0 Å². The van der Waals surface area contributed by atoms with E-state index in [4.69, 9.17) is 9.90 Å². The average Bonchev–Trinajstić information content (AvgIpc) is 3.18. The predicted molar refractivity (Wildman–Crippen MR) is 141 cm³/mol. The Morgan fingerprint density at radius 1 is 0.848 bits per heavy atom. The normalized spacial score (nSPS) is 16.7. The van der Waals surface area contributed by atoms with Gasteiger partial charge in [-0.15, -0.1) is 0 Å². The van der Waals surface area contributed by atoms with E-state index in [-0.39, 0.29) is 62.2 Å². The molecule has 1 saturated heterocycles. The number of fused-ring (bicyclic) bond motifs is 1. The molecule has 1 aromatic carbocycles. The zero-order valence-electron chi connectivity index (χ0n) is 23.2. The maximum absolute atomic E-state index is 13.9. The van der Waals surface area contributed by atoms with E-state index in [1.54, 1.807) is 0 Å². The molecule has 5 rings (SSSR count). The van der Waals surface area contributed by atoms with Gasteiger partial charge in [-0.1, -0.05) is 0 Å². The maximum Gasteiger partial charge on any atom is 0.490 e. The first-order valence-electron chi connectivity index (χ1n) is 13.3. The number of alkyl halides is 11. The summed E-state index contributed by atoms with van der Waals surface area (Å²) in [5, 5.41) is 10.1. The molecule has 0 spiro atoms. The first-order valence-corrected chi connectivity index (χ1v) is 13.3. The summed E-state index contributed by atoms with van der Waals surface area (Å²) >= 11 is 0. The molecule has 250 valence electrons. The van der Waals surface area contributed by atoms with Gasteiger partial charge in [-0.2, -0.15) is 44.5 Å². The quantitative estimate of drug-likeness (QED) is 0.295. The number of rotatable bonds is 4. The van der Waals surface area contributed by atoms with Gasteiger partial charge in [0.05, 0.1) is 23.4 Å². The number of carbonyl (C=O) groups is 1. The SMILES string of the molecule is FC1(F)CCN(c2nc3c(c(Nc4ccc(C(F)(F)F)cc4)n2)CCN(c2ncccc2C(F)(F)F)CC3)C1.O=C(O)C(F)(F)F. The van der Waals surface area contributed by atoms with Gasteiger partial charge in [-0.3, -0.25) is 0 Å². The number of pyridine rings is 1. The standard InChI is InChI=1S/C25H22F8N6.C2HF3O2/c26-23(27)9-13-39(14-23)22-36-19-8-12-38(21-18(25(31,32)33)2-1-10-34-21)11-7-17(19)20(37-22)35-16-5-3-15(4-6-16)24(28,29)30;3-2(4,5)1(6)7/h1-6,10H,7-9,11-14H2,(H,35,36,37);(H,6,7). The van der Waals surface area contributed by atoms with Crippen LogP contribution in [0.2, 0.25) is 0 Å². The Kier molecular flexibility index (Phi) is 9.54. The largest absolute Gasteiger partial charge is 0.490 e. The van der Waals surface area contributed by atoms with E-state index in [1.165, 1.54) is 34.2 Å². The fourth-order valence-electron chi connectivity index (χ4n) is 4.70. The lowest BCUT2D eigenvalue weighted by Gasteiger charge is -2.24. The molecule has 2 aliphatic rings. The zero-order chi connectivity index (χ0) is 34.1. The average molecular weight is 672 g/mol. The maximum atomic E-state index is 13.9. The number of carboxylic acids is 1. The van der Waals surface area contributed by atoms with Crippen molar-refractivity contribution in [2.24, 2.45) is 0 Å². The van der Waals surface area contributed by atoms with E-state index in [2.05, 4.69) is 20.3 Å². The van der Waals surface area contributed by atoms with Gasteiger partial charge in [-0.05, 0) is 42.8 Å². The van der Waals surface area contributed by atoms with Gasteiger partial charge in [-0.25, -0.2) is 23.5 Å². The third-order valence-electron chi connectivity index (χ3n) is 6.89. The van der Waals surface area contributed by atoms with Gasteiger partial charge in [0.15, 0.2) is 0 Å². The molecule has 8 nitrogen and oxygen atoms in total. The molecular weight excluding hydrogens is 649 g/mol. The number of nitrogens with zero attached hydrogens (tertiary/aromatic N) is 5. The van der Waals surface area contributed by atoms with E-state index in [0.29, 0.717) is 11.3 Å². The number of halogens is 11. The Bertz CT molecular complexity index is 1540. The Morgan fingerprint density at radius 2 is 1.48 bits per heavy atom. The van der Waals surface area contributed by atoms with Gasteiger partial charge >= 0.3 is 24.5 Å². The van der Waals surface area contributed by atoms with Crippen molar-refractivity contribution in [3.8, 4) is 0 Å². The first kappa shape index (κ1) is 34.4. The highest BCUT2D eigenvalue weighted by molar-refractivity contribution is 5.73. The molecule has 1 fully saturated rings. The van der Waals surface area contributed by atoms with Crippen molar-refractivity contribution >= 4 is 29.2 Å². The van der Waals surface area contributed by atoms with Crippen molar-refractivity contribution in [2.75, 3.05) is 41.3 Å². The molecular formula is C27H23F11N6O2. The summed E-state index contributed by atoms with van der Waals surface area (Å²) in [6, 6.07) is 6.37. The highest BCUT2D eigenvalue weighted by atomic mass is 19.4. The van der Waals surface area contributed by atoms with Gasteiger partial charge in [0.1, 0.15) is 11.6 Å². The number of benzene rings is 1. The Hall–Kier alpha value is -4.45. The van der Waals surface area contributed by atoms with Crippen LogP contribution in [-0.4, -0.2) is 64.3 Å². The lowest BCUT2D eigenvalue weighted by Crippen LogP contribution is -2.29. The molecule has 2 aromatic heterocycles. The van der Waals surface area contributed by atoms with Gasteiger partial charge in [0.2, 0.25) is 5.95 Å². The van der Waals surface area contributed by atoms with Crippen molar-refractivity contribution in [1.82, 2.24) is 15.0 Å². The van der Waals surface area contributed by atoms with Crippen LogP contribution in [0.25, 0.3) is 0 Å². The van der Waals surface area contributed by atoms with E-state index in [9.17, 15) is 48.3 Å². The van der Waals surface area contributed by atoms with Crippen molar-refractivity contribution in [2.45, 2.75) is 43.7 Å². The minimum atomic E-state index is -5.08. The van der Waals surface area contributed by atoms with E-state index in [0.717, 1.165) is 18.2 Å². The molecule has 4 heterocycles. The topological polar surface area (TPSA) is 94.5 Å². The third kappa shape index (κ3) is 8.42. The smallest absolute Gasteiger partial charge is 0.475 e. The van der Waals surface area contributed by atoms with Crippen LogP contribution in [0.5, 0.6) is 0 Å². The Balaban J connectivity index is 0.000000617. The van der Waals surface area contributed by atoms with Crippen molar-refractivity contribution in [1.29, 1.82) is 0 Å². The lowest BCUT2D eigenvalue weighted by atomic mass is 10.1. The summed E-state index contributed by atoms with van der Waals surface area (Å²) in [5.41, 5.74) is -0.467. The van der Waals surface area contributed by atoms with Crippen molar-refractivity contribution in [3.63, 3.8) is 0 Å². The van der Waals surface area contributed by atoms with Crippen molar-refractivity contribution < 1.29 is 58.2 Å². The van der Waals surface area contributed by atoms with E-state index in [1.807, 2.05) is 0 Å². The molecule has 0 saturated carbocycles. The molecule has 46 heavy (non-hydrogen) atoms. The summed E-state index contributed by atoms with van der Waals surface area (Å²) in [6.45, 7) is -0.347.